The van der Waals surface area contributed by atoms with Crippen LogP contribution in [0, 0.1) is 11.8 Å². The van der Waals surface area contributed by atoms with E-state index in [1.165, 1.54) is 51.6 Å². The molecule has 0 saturated heterocycles. The smallest absolute Gasteiger partial charge is 0.00390 e. The summed E-state index contributed by atoms with van der Waals surface area (Å²) in [6.45, 7) is 2.64. The summed E-state index contributed by atoms with van der Waals surface area (Å²) in [5.74, 6) is 1.96. The highest BCUT2D eigenvalue weighted by atomic mass is 15.1. The lowest BCUT2D eigenvalue weighted by Crippen LogP contribution is -2.33. The summed E-state index contributed by atoms with van der Waals surface area (Å²) in [5.41, 5.74) is 5.90. The van der Waals surface area contributed by atoms with Gasteiger partial charge >= 0.3 is 0 Å². The molecule has 0 unspecified atom stereocenters. The molecule has 82 valence electrons. The summed E-state index contributed by atoms with van der Waals surface area (Å²) in [5, 5.41) is 0. The molecule has 0 aliphatic heterocycles. The summed E-state index contributed by atoms with van der Waals surface area (Å²) < 4.78 is 0. The molecule has 2 aliphatic carbocycles. The second kappa shape index (κ2) is 4.63. The van der Waals surface area contributed by atoms with Crippen LogP contribution in [0.4, 0.5) is 0 Å². The third-order valence-electron chi connectivity index (χ3n) is 3.73. The van der Waals surface area contributed by atoms with E-state index in [9.17, 15) is 0 Å². The largest absolute Gasteiger partial charge is 0.328 e. The molecule has 0 heterocycles. The monoisotopic (exact) mass is 196 g/mol. The Bertz CT molecular complexity index is 169. The molecule has 0 aromatic rings. The van der Waals surface area contributed by atoms with Crippen LogP contribution in [0.15, 0.2) is 0 Å². The van der Waals surface area contributed by atoms with Gasteiger partial charge in [-0.25, -0.2) is 0 Å². The number of nitrogens with zero attached hydrogens (tertiary/aromatic N) is 1. The van der Waals surface area contributed by atoms with Gasteiger partial charge in [-0.05, 0) is 57.4 Å². The lowest BCUT2D eigenvalue weighted by molar-refractivity contribution is 0.219. The van der Waals surface area contributed by atoms with Crippen LogP contribution in [0.3, 0.4) is 0 Å². The first-order valence-electron chi connectivity index (χ1n) is 6.18. The van der Waals surface area contributed by atoms with Gasteiger partial charge in [0.25, 0.3) is 0 Å². The molecule has 0 radical (unpaired) electrons. The Morgan fingerprint density at radius 1 is 0.929 bits per heavy atom. The molecule has 0 spiro atoms. The van der Waals surface area contributed by atoms with Crippen molar-refractivity contribution >= 4 is 0 Å². The molecule has 2 fully saturated rings. The Hall–Kier alpha value is -0.0800. The average Bonchev–Trinajstić information content (AvgIpc) is 2.93. The van der Waals surface area contributed by atoms with Crippen LogP contribution in [0.25, 0.3) is 0 Å². The Morgan fingerprint density at radius 2 is 1.36 bits per heavy atom. The van der Waals surface area contributed by atoms with Crippen molar-refractivity contribution in [2.45, 2.75) is 44.6 Å². The van der Waals surface area contributed by atoms with Gasteiger partial charge in [0, 0.05) is 19.1 Å². The third kappa shape index (κ3) is 3.25. The summed E-state index contributed by atoms with van der Waals surface area (Å²) in [4.78, 5) is 2.54. The topological polar surface area (TPSA) is 29.3 Å². The van der Waals surface area contributed by atoms with Gasteiger partial charge < -0.3 is 10.6 Å². The Morgan fingerprint density at radius 3 is 1.79 bits per heavy atom. The maximum absolute atomic E-state index is 5.90. The molecule has 2 saturated carbocycles. The first kappa shape index (κ1) is 10.4. The van der Waals surface area contributed by atoms with Crippen molar-refractivity contribution in [2.75, 3.05) is 20.1 Å². The van der Waals surface area contributed by atoms with E-state index < -0.39 is 0 Å². The van der Waals surface area contributed by atoms with Crippen molar-refractivity contribution in [2.24, 2.45) is 17.6 Å². The molecule has 0 atom stereocenters. The van der Waals surface area contributed by atoms with E-state index in [1.807, 2.05) is 0 Å². The SMILES string of the molecule is CN(CC1CCC(N)CC1)CC1CC1. The molecule has 0 bridgehead atoms. The number of hydrogen-bond donors (Lipinski definition) is 1. The lowest BCUT2D eigenvalue weighted by atomic mass is 9.86. The minimum absolute atomic E-state index is 0.500. The molecular weight excluding hydrogens is 172 g/mol. The van der Waals surface area contributed by atoms with Crippen molar-refractivity contribution in [3.63, 3.8) is 0 Å². The molecule has 0 amide bonds. The van der Waals surface area contributed by atoms with Crippen molar-refractivity contribution in [3.8, 4) is 0 Å². The normalized spacial score (nSPS) is 33.6. The zero-order valence-electron chi connectivity index (χ0n) is 9.41. The molecule has 0 aromatic carbocycles. The summed E-state index contributed by atoms with van der Waals surface area (Å²) in [6.07, 6.45) is 8.16. The average molecular weight is 196 g/mol. The minimum atomic E-state index is 0.500. The van der Waals surface area contributed by atoms with E-state index >= 15 is 0 Å². The number of rotatable bonds is 4. The molecule has 2 aliphatic rings. The maximum Gasteiger partial charge on any atom is 0.00390 e. The van der Waals surface area contributed by atoms with Crippen LogP contribution >= 0.6 is 0 Å². The fourth-order valence-corrected chi connectivity index (χ4v) is 2.63. The number of hydrogen-bond acceptors (Lipinski definition) is 2. The highest BCUT2D eigenvalue weighted by Crippen LogP contribution is 2.30. The molecule has 2 nitrogen and oxygen atoms in total. The van der Waals surface area contributed by atoms with Gasteiger partial charge in [-0.1, -0.05) is 0 Å². The molecular formula is C12H24N2. The maximum atomic E-state index is 5.90. The predicted molar refractivity (Wildman–Crippen MR) is 60.2 cm³/mol. The number of nitrogens with two attached hydrogens (primary N) is 1. The second-order valence-electron chi connectivity index (χ2n) is 5.45. The zero-order chi connectivity index (χ0) is 9.97. The third-order valence-corrected chi connectivity index (χ3v) is 3.73. The predicted octanol–water partition coefficient (Wildman–Crippen LogP) is 1.85. The van der Waals surface area contributed by atoms with Gasteiger partial charge in [-0.2, -0.15) is 0 Å². The van der Waals surface area contributed by atoms with Crippen molar-refractivity contribution in [1.29, 1.82) is 0 Å². The van der Waals surface area contributed by atoms with Crippen LogP contribution in [-0.4, -0.2) is 31.1 Å². The summed E-state index contributed by atoms with van der Waals surface area (Å²) in [7, 11) is 2.28. The first-order chi connectivity index (χ1) is 6.74. The van der Waals surface area contributed by atoms with Crippen molar-refractivity contribution < 1.29 is 0 Å². The fraction of sp³-hybridized carbons (Fsp3) is 1.00. The minimum Gasteiger partial charge on any atom is -0.328 e. The van der Waals surface area contributed by atoms with E-state index in [-0.39, 0.29) is 0 Å². The van der Waals surface area contributed by atoms with Gasteiger partial charge in [0.2, 0.25) is 0 Å². The van der Waals surface area contributed by atoms with Gasteiger partial charge in [0.1, 0.15) is 0 Å². The van der Waals surface area contributed by atoms with E-state index in [0.29, 0.717) is 6.04 Å². The lowest BCUT2D eigenvalue weighted by Gasteiger charge is -2.29. The van der Waals surface area contributed by atoms with E-state index in [1.54, 1.807) is 0 Å². The van der Waals surface area contributed by atoms with Crippen LogP contribution in [0.2, 0.25) is 0 Å². The molecule has 0 aromatic heterocycles. The summed E-state index contributed by atoms with van der Waals surface area (Å²) >= 11 is 0. The Kier molecular flexibility index (Phi) is 3.45. The van der Waals surface area contributed by atoms with Crippen LogP contribution in [0.5, 0.6) is 0 Å². The van der Waals surface area contributed by atoms with Crippen LogP contribution in [-0.2, 0) is 0 Å². The quantitative estimate of drug-likeness (QED) is 0.743. The molecule has 2 N–H and O–H groups in total. The van der Waals surface area contributed by atoms with E-state index in [2.05, 4.69) is 11.9 Å². The van der Waals surface area contributed by atoms with Crippen molar-refractivity contribution in [1.82, 2.24) is 4.90 Å². The highest BCUT2D eigenvalue weighted by molar-refractivity contribution is 4.79. The van der Waals surface area contributed by atoms with E-state index in [4.69, 9.17) is 5.73 Å². The van der Waals surface area contributed by atoms with E-state index in [0.717, 1.165) is 11.8 Å². The van der Waals surface area contributed by atoms with Gasteiger partial charge in [-0.15, -0.1) is 0 Å². The van der Waals surface area contributed by atoms with Crippen LogP contribution in [0.1, 0.15) is 38.5 Å². The Balaban J connectivity index is 1.63. The van der Waals surface area contributed by atoms with Gasteiger partial charge in [-0.3, -0.25) is 0 Å². The standard InChI is InChI=1S/C12H24N2/c1-14(8-10-2-3-10)9-11-4-6-12(13)7-5-11/h10-12H,2-9,13H2,1H3. The summed E-state index contributed by atoms with van der Waals surface area (Å²) in [6, 6.07) is 0.500. The molecule has 2 heteroatoms. The molecule has 14 heavy (non-hydrogen) atoms. The van der Waals surface area contributed by atoms with Crippen LogP contribution < -0.4 is 5.73 Å². The fourth-order valence-electron chi connectivity index (χ4n) is 2.63. The molecule has 2 rings (SSSR count). The second-order valence-corrected chi connectivity index (χ2v) is 5.45. The van der Waals surface area contributed by atoms with Gasteiger partial charge in [0.15, 0.2) is 0 Å². The van der Waals surface area contributed by atoms with Gasteiger partial charge in [0.05, 0.1) is 0 Å². The Labute approximate surface area is 87.8 Å². The van der Waals surface area contributed by atoms with Crippen molar-refractivity contribution in [3.05, 3.63) is 0 Å². The zero-order valence-corrected chi connectivity index (χ0v) is 9.41. The first-order valence-corrected chi connectivity index (χ1v) is 6.18. The highest BCUT2D eigenvalue weighted by Gasteiger charge is 2.25.